The number of ether oxygens (including phenoxy) is 1. The Kier molecular flexibility index (Phi) is 6.42. The van der Waals surface area contributed by atoms with E-state index < -0.39 is 17.2 Å². The molecule has 1 aliphatic rings. The lowest BCUT2D eigenvalue weighted by atomic mass is 10.1. The molecule has 0 atom stereocenters. The fraction of sp³-hybridized carbons (Fsp3) is 0.292. The molecule has 0 aromatic carbocycles. The van der Waals surface area contributed by atoms with Crippen LogP contribution < -0.4 is 4.90 Å². The quantitative estimate of drug-likeness (QED) is 0.534. The van der Waals surface area contributed by atoms with Gasteiger partial charge in [0, 0.05) is 42.0 Å². The smallest absolute Gasteiger partial charge is 0.155 e. The van der Waals surface area contributed by atoms with Gasteiger partial charge in [0.25, 0.3) is 0 Å². The van der Waals surface area contributed by atoms with E-state index in [0.717, 1.165) is 29.2 Å². The number of nitrogens with zero attached hydrogens (tertiary/aromatic N) is 5. The molecule has 0 fully saturated rings. The van der Waals surface area contributed by atoms with E-state index in [0.29, 0.717) is 28.8 Å². The lowest BCUT2D eigenvalue weighted by Crippen LogP contribution is -2.27. The minimum Gasteiger partial charge on any atom is -0.486 e. The molecule has 0 amide bonds. The Balaban J connectivity index is 1.55. The number of allylic oxidation sites excluding steroid dienone is 2. The van der Waals surface area contributed by atoms with Gasteiger partial charge in [-0.1, -0.05) is 11.6 Å². The first kappa shape index (κ1) is 23.8. The van der Waals surface area contributed by atoms with E-state index in [1.165, 1.54) is 0 Å². The molecule has 0 unspecified atom stereocenters. The first-order valence-corrected chi connectivity index (χ1v) is 10.9. The van der Waals surface area contributed by atoms with Crippen molar-refractivity contribution in [2.75, 3.05) is 11.4 Å². The molecule has 0 aliphatic carbocycles. The minimum atomic E-state index is -1.06. The van der Waals surface area contributed by atoms with Crippen molar-refractivity contribution in [3.8, 4) is 5.82 Å². The third-order valence-corrected chi connectivity index (χ3v) is 5.69. The summed E-state index contributed by atoms with van der Waals surface area (Å²) in [6.07, 6.45) is 6.19. The highest BCUT2D eigenvalue weighted by atomic mass is 35.5. The minimum absolute atomic E-state index is 0.00822. The molecule has 34 heavy (non-hydrogen) atoms. The standard InChI is InChI=1S/C24H24ClF2N5O2/c1-14-10-29-23(32-6-5-22(30-32)24(3,4)33)9-20(14)31-12-17(25)21(7-15(31)2)34-13-19-18(27)8-16(26)11-28-19/h5-11,33H,12-13H2,1-4H3. The number of pyridine rings is 2. The summed E-state index contributed by atoms with van der Waals surface area (Å²) in [5.41, 5.74) is 2.12. The summed E-state index contributed by atoms with van der Waals surface area (Å²) < 4.78 is 34.2. The van der Waals surface area contributed by atoms with E-state index in [4.69, 9.17) is 16.3 Å². The summed E-state index contributed by atoms with van der Waals surface area (Å²) in [5.74, 6) is -0.541. The second-order valence-electron chi connectivity index (χ2n) is 8.55. The Morgan fingerprint density at radius 2 is 1.94 bits per heavy atom. The molecular formula is C24H24ClF2N5O2. The van der Waals surface area contributed by atoms with Crippen LogP contribution in [0.2, 0.25) is 0 Å². The monoisotopic (exact) mass is 487 g/mol. The highest BCUT2D eigenvalue weighted by Gasteiger charge is 2.23. The van der Waals surface area contributed by atoms with Crippen molar-refractivity contribution in [3.05, 3.63) is 87.9 Å². The number of rotatable bonds is 6. The topological polar surface area (TPSA) is 76.3 Å². The average Bonchev–Trinajstić information content (AvgIpc) is 3.26. The maximum atomic E-state index is 13.9. The van der Waals surface area contributed by atoms with Gasteiger partial charge in [-0.2, -0.15) is 5.10 Å². The molecule has 178 valence electrons. The summed E-state index contributed by atoms with van der Waals surface area (Å²) in [4.78, 5) is 10.2. The number of hydrogen-bond donors (Lipinski definition) is 1. The van der Waals surface area contributed by atoms with Gasteiger partial charge < -0.3 is 14.7 Å². The van der Waals surface area contributed by atoms with Crippen molar-refractivity contribution in [2.24, 2.45) is 0 Å². The molecule has 4 heterocycles. The Hall–Kier alpha value is -3.30. The first-order chi connectivity index (χ1) is 16.0. The maximum Gasteiger partial charge on any atom is 0.155 e. The molecule has 0 bridgehead atoms. The number of anilines is 1. The zero-order valence-electron chi connectivity index (χ0n) is 19.2. The predicted molar refractivity (Wildman–Crippen MR) is 124 cm³/mol. The van der Waals surface area contributed by atoms with Crippen LogP contribution >= 0.6 is 11.6 Å². The van der Waals surface area contributed by atoms with Gasteiger partial charge in [-0.25, -0.2) is 18.4 Å². The van der Waals surface area contributed by atoms with Gasteiger partial charge in [0.15, 0.2) is 11.6 Å². The predicted octanol–water partition coefficient (Wildman–Crippen LogP) is 4.87. The third kappa shape index (κ3) is 4.95. The van der Waals surface area contributed by atoms with Crippen LogP contribution in [0.25, 0.3) is 5.82 Å². The molecule has 7 nitrogen and oxygen atoms in total. The van der Waals surface area contributed by atoms with Crippen LogP contribution in [0.15, 0.2) is 59.4 Å². The molecule has 10 heteroatoms. The number of aryl methyl sites for hydroxylation is 1. The zero-order valence-corrected chi connectivity index (χ0v) is 19.9. The molecule has 1 aliphatic heterocycles. The lowest BCUT2D eigenvalue weighted by molar-refractivity contribution is 0.0734. The van der Waals surface area contributed by atoms with E-state index in [2.05, 4.69) is 15.1 Å². The number of aromatic nitrogens is 4. The first-order valence-electron chi connectivity index (χ1n) is 10.6. The molecule has 0 saturated heterocycles. The summed E-state index contributed by atoms with van der Waals surface area (Å²) in [6.45, 7) is 7.34. The van der Waals surface area contributed by atoms with Gasteiger partial charge in [-0.15, -0.1) is 0 Å². The molecule has 0 spiro atoms. The van der Waals surface area contributed by atoms with Crippen LogP contribution in [0.3, 0.4) is 0 Å². The molecule has 0 saturated carbocycles. The van der Waals surface area contributed by atoms with Gasteiger partial charge in [0.2, 0.25) is 0 Å². The van der Waals surface area contributed by atoms with E-state index in [-0.39, 0.29) is 12.3 Å². The Labute approximate surface area is 201 Å². The number of halogens is 3. The van der Waals surface area contributed by atoms with Crippen molar-refractivity contribution in [1.82, 2.24) is 19.7 Å². The highest BCUT2D eigenvalue weighted by Crippen LogP contribution is 2.32. The second-order valence-corrected chi connectivity index (χ2v) is 9.00. The largest absolute Gasteiger partial charge is 0.486 e. The lowest BCUT2D eigenvalue weighted by Gasteiger charge is -2.31. The average molecular weight is 488 g/mol. The number of aliphatic hydroxyl groups is 1. The van der Waals surface area contributed by atoms with Crippen molar-refractivity contribution in [3.63, 3.8) is 0 Å². The van der Waals surface area contributed by atoms with Gasteiger partial charge in [-0.3, -0.25) is 4.98 Å². The zero-order chi connectivity index (χ0) is 24.6. The van der Waals surface area contributed by atoms with Gasteiger partial charge in [-0.05, 0) is 39.3 Å². The Morgan fingerprint density at radius 3 is 2.62 bits per heavy atom. The van der Waals surface area contributed by atoms with Crippen LogP contribution in [-0.2, 0) is 16.9 Å². The third-order valence-electron chi connectivity index (χ3n) is 5.38. The molecule has 3 aromatic rings. The van der Waals surface area contributed by atoms with E-state index in [9.17, 15) is 13.9 Å². The van der Waals surface area contributed by atoms with Crippen molar-refractivity contribution in [1.29, 1.82) is 0 Å². The van der Waals surface area contributed by atoms with Crippen LogP contribution in [-0.4, -0.2) is 31.4 Å². The van der Waals surface area contributed by atoms with Gasteiger partial charge in [0.05, 0.1) is 23.5 Å². The van der Waals surface area contributed by atoms with Crippen LogP contribution in [0, 0.1) is 18.6 Å². The van der Waals surface area contributed by atoms with E-state index >= 15 is 0 Å². The van der Waals surface area contributed by atoms with Gasteiger partial charge in [0.1, 0.15) is 29.5 Å². The van der Waals surface area contributed by atoms with E-state index in [1.54, 1.807) is 43.1 Å². The summed E-state index contributed by atoms with van der Waals surface area (Å²) in [6, 6.07) is 4.40. The fourth-order valence-corrected chi connectivity index (χ4v) is 3.70. The van der Waals surface area contributed by atoms with Crippen LogP contribution in [0.1, 0.15) is 37.7 Å². The SMILES string of the molecule is CC1=CC(OCc2ncc(F)cc2F)=C(Cl)CN1c1cc(-n2ccc(C(C)(C)O)n2)ncc1C. The maximum absolute atomic E-state index is 13.9. The summed E-state index contributed by atoms with van der Waals surface area (Å²) in [7, 11) is 0. The molecule has 3 aromatic heterocycles. The second kappa shape index (κ2) is 9.15. The normalized spacial score (nSPS) is 14.5. The van der Waals surface area contributed by atoms with Crippen molar-refractivity contribution in [2.45, 2.75) is 39.9 Å². The van der Waals surface area contributed by atoms with Crippen molar-refractivity contribution < 1.29 is 18.6 Å². The fourth-order valence-electron chi connectivity index (χ4n) is 3.47. The molecule has 1 N–H and O–H groups in total. The van der Waals surface area contributed by atoms with Crippen molar-refractivity contribution >= 4 is 17.3 Å². The number of hydrogen-bond acceptors (Lipinski definition) is 6. The van der Waals surface area contributed by atoms with Crippen LogP contribution in [0.4, 0.5) is 14.5 Å². The highest BCUT2D eigenvalue weighted by molar-refractivity contribution is 6.30. The van der Waals surface area contributed by atoms with Crippen LogP contribution in [0.5, 0.6) is 0 Å². The molecular weight excluding hydrogens is 464 g/mol. The summed E-state index contributed by atoms with van der Waals surface area (Å²) in [5, 5.41) is 15.1. The Morgan fingerprint density at radius 1 is 1.18 bits per heavy atom. The Bertz CT molecular complexity index is 1300. The van der Waals surface area contributed by atoms with Gasteiger partial charge >= 0.3 is 0 Å². The molecule has 0 radical (unpaired) electrons. The van der Waals surface area contributed by atoms with E-state index in [1.807, 2.05) is 24.8 Å². The summed E-state index contributed by atoms with van der Waals surface area (Å²) >= 11 is 6.52. The molecule has 4 rings (SSSR count).